The Balaban J connectivity index is 2.29. The van der Waals surface area contributed by atoms with E-state index in [0.717, 1.165) is 0 Å². The molecular weight excluding hydrogens is 294 g/mol. The number of rotatable bonds is 6. The molecule has 2 aromatic rings. The van der Waals surface area contributed by atoms with Crippen molar-refractivity contribution in [2.24, 2.45) is 0 Å². The molecule has 0 N–H and O–H groups in total. The second-order valence-corrected chi connectivity index (χ2v) is 4.26. The molecular formula is C14H13NO7. The van der Waals surface area contributed by atoms with Gasteiger partial charge in [0.2, 0.25) is 0 Å². The molecule has 1 aromatic carbocycles. The largest absolute Gasteiger partial charge is 0.459 e. The van der Waals surface area contributed by atoms with Crippen LogP contribution < -0.4 is 5.63 Å². The average Bonchev–Trinajstić information content (AvgIpc) is 2.50. The highest BCUT2D eigenvalue weighted by molar-refractivity contribution is 5.93. The summed E-state index contributed by atoms with van der Waals surface area (Å²) in [6, 6.07) is 4.96. The Morgan fingerprint density at radius 3 is 2.77 bits per heavy atom. The smallest absolute Gasteiger partial charge is 0.351 e. The van der Waals surface area contributed by atoms with Crippen LogP contribution in [0.15, 0.2) is 33.5 Å². The summed E-state index contributed by atoms with van der Waals surface area (Å²) >= 11 is 0. The molecule has 0 aliphatic heterocycles. The van der Waals surface area contributed by atoms with Crippen LogP contribution in [-0.4, -0.2) is 30.7 Å². The van der Waals surface area contributed by atoms with Gasteiger partial charge in [-0.1, -0.05) is 0 Å². The first kappa shape index (κ1) is 15.6. The lowest BCUT2D eigenvalue weighted by atomic mass is 10.1. The number of non-ortho nitro benzene ring substituents is 1. The average molecular weight is 307 g/mol. The highest BCUT2D eigenvalue weighted by Crippen LogP contribution is 2.20. The number of nitro benzene ring substituents is 1. The van der Waals surface area contributed by atoms with Crippen LogP contribution in [0, 0.1) is 10.1 Å². The minimum atomic E-state index is -0.859. The van der Waals surface area contributed by atoms with Crippen LogP contribution in [0.25, 0.3) is 11.0 Å². The summed E-state index contributed by atoms with van der Waals surface area (Å²) in [5.41, 5.74) is -1.19. The van der Waals surface area contributed by atoms with Crippen molar-refractivity contribution in [3.8, 4) is 0 Å². The van der Waals surface area contributed by atoms with E-state index in [2.05, 4.69) is 0 Å². The number of esters is 1. The Hall–Kier alpha value is -2.74. The minimum Gasteiger partial charge on any atom is -0.459 e. The zero-order valence-electron chi connectivity index (χ0n) is 11.7. The van der Waals surface area contributed by atoms with E-state index in [9.17, 15) is 19.7 Å². The van der Waals surface area contributed by atoms with Gasteiger partial charge >= 0.3 is 11.6 Å². The number of ether oxygens (including phenoxy) is 2. The molecule has 0 amide bonds. The predicted octanol–water partition coefficient (Wildman–Crippen LogP) is 1.89. The molecule has 22 heavy (non-hydrogen) atoms. The summed E-state index contributed by atoms with van der Waals surface area (Å²) in [6.07, 6.45) is 0. The topological polar surface area (TPSA) is 109 Å². The summed E-state index contributed by atoms with van der Waals surface area (Å²) in [5.74, 6) is -0.859. The standard InChI is InChI=1S/C14H13NO7/c1-2-20-5-6-21-13(16)11-8-9-7-10(15(18)19)3-4-12(9)22-14(11)17/h3-4,7-8H,2,5-6H2,1H3. The first-order valence-electron chi connectivity index (χ1n) is 6.50. The monoisotopic (exact) mass is 307 g/mol. The third-order valence-electron chi connectivity index (χ3n) is 2.81. The summed E-state index contributed by atoms with van der Waals surface area (Å²) in [6.45, 7) is 2.50. The molecule has 116 valence electrons. The molecule has 0 aliphatic carbocycles. The molecule has 8 nitrogen and oxygen atoms in total. The highest BCUT2D eigenvalue weighted by atomic mass is 16.6. The van der Waals surface area contributed by atoms with Crippen LogP contribution in [0.5, 0.6) is 0 Å². The maximum atomic E-state index is 11.8. The number of hydrogen-bond donors (Lipinski definition) is 0. The van der Waals surface area contributed by atoms with Crippen molar-refractivity contribution in [3.63, 3.8) is 0 Å². The molecule has 0 aliphatic rings. The van der Waals surface area contributed by atoms with Gasteiger partial charge in [-0.25, -0.2) is 9.59 Å². The van der Waals surface area contributed by atoms with Crippen LogP contribution in [0.2, 0.25) is 0 Å². The minimum absolute atomic E-state index is 0.000905. The third kappa shape index (κ3) is 3.47. The van der Waals surface area contributed by atoms with Gasteiger partial charge in [0.1, 0.15) is 17.8 Å². The van der Waals surface area contributed by atoms with Crippen LogP contribution in [0.3, 0.4) is 0 Å². The van der Waals surface area contributed by atoms with Gasteiger partial charge in [-0.3, -0.25) is 10.1 Å². The second kappa shape index (κ2) is 6.81. The number of hydrogen-bond acceptors (Lipinski definition) is 7. The van der Waals surface area contributed by atoms with Crippen molar-refractivity contribution in [1.82, 2.24) is 0 Å². The van der Waals surface area contributed by atoms with Gasteiger partial charge in [0.05, 0.1) is 11.5 Å². The molecule has 0 spiro atoms. The lowest BCUT2D eigenvalue weighted by Gasteiger charge is -2.04. The van der Waals surface area contributed by atoms with Gasteiger partial charge in [0.15, 0.2) is 0 Å². The summed E-state index contributed by atoms with van der Waals surface area (Å²) in [4.78, 5) is 33.7. The van der Waals surface area contributed by atoms with E-state index in [0.29, 0.717) is 6.61 Å². The Labute approximate surface area is 124 Å². The first-order chi connectivity index (χ1) is 10.5. The van der Waals surface area contributed by atoms with E-state index in [1.165, 1.54) is 24.3 Å². The fourth-order valence-corrected chi connectivity index (χ4v) is 1.78. The van der Waals surface area contributed by atoms with E-state index in [1.807, 2.05) is 0 Å². The van der Waals surface area contributed by atoms with Crippen molar-refractivity contribution < 1.29 is 23.6 Å². The number of benzene rings is 1. The molecule has 0 radical (unpaired) electrons. The van der Waals surface area contributed by atoms with Crippen molar-refractivity contribution in [2.75, 3.05) is 19.8 Å². The van der Waals surface area contributed by atoms with E-state index >= 15 is 0 Å². The number of nitro groups is 1. The third-order valence-corrected chi connectivity index (χ3v) is 2.81. The lowest BCUT2D eigenvalue weighted by molar-refractivity contribution is -0.384. The SMILES string of the molecule is CCOCCOC(=O)c1cc2cc([N+](=O)[O-])ccc2oc1=O. The maximum Gasteiger partial charge on any atom is 0.351 e. The Morgan fingerprint density at radius 1 is 1.32 bits per heavy atom. The van der Waals surface area contributed by atoms with Gasteiger partial charge in [-0.2, -0.15) is 0 Å². The summed E-state index contributed by atoms with van der Waals surface area (Å²) in [5, 5.41) is 11.0. The molecule has 0 bridgehead atoms. The number of nitrogens with zero attached hydrogens (tertiary/aromatic N) is 1. The zero-order valence-corrected chi connectivity index (χ0v) is 11.7. The van der Waals surface area contributed by atoms with Gasteiger partial charge in [-0.05, 0) is 19.1 Å². The van der Waals surface area contributed by atoms with Gasteiger partial charge in [0, 0.05) is 24.1 Å². The fourth-order valence-electron chi connectivity index (χ4n) is 1.78. The Morgan fingerprint density at radius 2 is 2.09 bits per heavy atom. The molecule has 8 heteroatoms. The number of fused-ring (bicyclic) bond motifs is 1. The van der Waals surface area contributed by atoms with Gasteiger partial charge in [0.25, 0.3) is 5.69 Å². The number of carbonyl (C=O) groups excluding carboxylic acids is 1. The molecule has 1 aromatic heterocycles. The molecule has 0 unspecified atom stereocenters. The van der Waals surface area contributed by atoms with Crippen LogP contribution in [0.1, 0.15) is 17.3 Å². The predicted molar refractivity (Wildman–Crippen MR) is 75.9 cm³/mol. The second-order valence-electron chi connectivity index (χ2n) is 4.26. The normalized spacial score (nSPS) is 10.6. The molecule has 2 rings (SSSR count). The fraction of sp³-hybridized carbons (Fsp3) is 0.286. The quantitative estimate of drug-likeness (QED) is 0.263. The van der Waals surface area contributed by atoms with Crippen LogP contribution >= 0.6 is 0 Å². The molecule has 0 atom stereocenters. The zero-order chi connectivity index (χ0) is 16.1. The van der Waals surface area contributed by atoms with Gasteiger partial charge < -0.3 is 13.9 Å². The highest BCUT2D eigenvalue weighted by Gasteiger charge is 2.16. The molecule has 1 heterocycles. The van der Waals surface area contributed by atoms with Crippen LogP contribution in [-0.2, 0) is 9.47 Å². The lowest BCUT2D eigenvalue weighted by Crippen LogP contribution is -2.18. The van der Waals surface area contributed by atoms with Gasteiger partial charge in [-0.15, -0.1) is 0 Å². The molecule has 0 fully saturated rings. The molecule has 0 saturated heterocycles. The van der Waals surface area contributed by atoms with Crippen molar-refractivity contribution in [2.45, 2.75) is 6.92 Å². The van der Waals surface area contributed by atoms with E-state index in [-0.39, 0.29) is 35.4 Å². The Bertz CT molecular complexity index is 765. The van der Waals surface area contributed by atoms with E-state index in [4.69, 9.17) is 13.9 Å². The van der Waals surface area contributed by atoms with E-state index in [1.54, 1.807) is 6.92 Å². The van der Waals surface area contributed by atoms with E-state index < -0.39 is 16.5 Å². The van der Waals surface area contributed by atoms with Crippen molar-refractivity contribution in [3.05, 3.63) is 50.4 Å². The Kier molecular flexibility index (Phi) is 4.84. The summed E-state index contributed by atoms with van der Waals surface area (Å²) < 4.78 is 14.9. The maximum absolute atomic E-state index is 11.8. The van der Waals surface area contributed by atoms with Crippen molar-refractivity contribution >= 4 is 22.6 Å². The molecule has 0 saturated carbocycles. The van der Waals surface area contributed by atoms with Crippen LogP contribution in [0.4, 0.5) is 5.69 Å². The first-order valence-corrected chi connectivity index (χ1v) is 6.50. The van der Waals surface area contributed by atoms with Crippen molar-refractivity contribution in [1.29, 1.82) is 0 Å². The number of carbonyl (C=O) groups is 1. The summed E-state index contributed by atoms with van der Waals surface area (Å²) in [7, 11) is 0.